The van der Waals surface area contributed by atoms with Crippen LogP contribution in [-0.2, 0) is 4.74 Å². The van der Waals surface area contributed by atoms with E-state index in [-0.39, 0.29) is 39.5 Å². The standard InChI is InChI=1S/C22H22O11/c1-8-16(26)18(28)19(29)22(31-8)33-21-17(27)15-12(25)6-10(23)7-14(15)32-20(21)9-3-4-11(24)13(5-9)30-2/h3-8,16,18-19,22-26,28-29H,1-2H3/t8-,16-,18+,19+,22-/m0/s1. The highest BCUT2D eigenvalue weighted by Crippen LogP contribution is 2.39. The highest BCUT2D eigenvalue weighted by atomic mass is 16.7. The van der Waals surface area contributed by atoms with Gasteiger partial charge in [0.1, 0.15) is 40.8 Å². The van der Waals surface area contributed by atoms with E-state index in [1.165, 1.54) is 32.2 Å². The van der Waals surface area contributed by atoms with Crippen molar-refractivity contribution in [3.63, 3.8) is 0 Å². The first kappa shape index (κ1) is 22.7. The highest BCUT2D eigenvalue weighted by molar-refractivity contribution is 5.88. The van der Waals surface area contributed by atoms with E-state index < -0.39 is 47.6 Å². The molecule has 0 aliphatic carbocycles. The summed E-state index contributed by atoms with van der Waals surface area (Å²) in [6, 6.07) is 6.11. The number of aromatic hydroxyl groups is 3. The van der Waals surface area contributed by atoms with Gasteiger partial charge in [-0.2, -0.15) is 0 Å². The first-order valence-electron chi connectivity index (χ1n) is 9.88. The van der Waals surface area contributed by atoms with Gasteiger partial charge in [0.15, 0.2) is 17.3 Å². The summed E-state index contributed by atoms with van der Waals surface area (Å²) in [6.07, 6.45) is -7.24. The second-order valence-corrected chi connectivity index (χ2v) is 7.61. The minimum absolute atomic E-state index is 0.0565. The second kappa shape index (κ2) is 8.45. The first-order valence-corrected chi connectivity index (χ1v) is 9.88. The van der Waals surface area contributed by atoms with Gasteiger partial charge >= 0.3 is 0 Å². The lowest BCUT2D eigenvalue weighted by atomic mass is 10.00. The van der Waals surface area contributed by atoms with Crippen molar-refractivity contribution in [1.29, 1.82) is 0 Å². The molecule has 4 rings (SSSR count). The van der Waals surface area contributed by atoms with Crippen molar-refractivity contribution in [2.45, 2.75) is 37.6 Å². The number of phenols is 3. The molecule has 1 fully saturated rings. The fourth-order valence-corrected chi connectivity index (χ4v) is 3.61. The van der Waals surface area contributed by atoms with Gasteiger partial charge in [-0.3, -0.25) is 4.79 Å². The Bertz CT molecular complexity index is 1250. The Hall–Kier alpha value is -3.51. The zero-order valence-electron chi connectivity index (χ0n) is 17.5. The van der Waals surface area contributed by atoms with E-state index in [4.69, 9.17) is 18.6 Å². The van der Waals surface area contributed by atoms with Crippen molar-refractivity contribution in [2.75, 3.05) is 7.11 Å². The molecule has 0 spiro atoms. The highest BCUT2D eigenvalue weighted by Gasteiger charge is 2.44. The van der Waals surface area contributed by atoms with Gasteiger partial charge < -0.3 is 49.3 Å². The van der Waals surface area contributed by atoms with Crippen molar-refractivity contribution < 1.29 is 49.3 Å². The summed E-state index contributed by atoms with van der Waals surface area (Å²) in [5.74, 6) is -1.74. The molecule has 1 aromatic heterocycles. The van der Waals surface area contributed by atoms with E-state index in [0.29, 0.717) is 0 Å². The minimum Gasteiger partial charge on any atom is -0.508 e. The molecule has 11 heteroatoms. The topological polar surface area (TPSA) is 179 Å². The van der Waals surface area contributed by atoms with Crippen molar-refractivity contribution in [3.05, 3.63) is 40.6 Å². The number of hydrogen-bond acceptors (Lipinski definition) is 11. The van der Waals surface area contributed by atoms with Gasteiger partial charge in [-0.1, -0.05) is 0 Å². The molecule has 1 saturated heterocycles. The normalized spacial score (nSPS) is 25.2. The summed E-state index contributed by atoms with van der Waals surface area (Å²) >= 11 is 0. The van der Waals surface area contributed by atoms with Gasteiger partial charge in [0.05, 0.1) is 13.2 Å². The van der Waals surface area contributed by atoms with Crippen molar-refractivity contribution >= 4 is 11.0 Å². The number of hydrogen-bond donors (Lipinski definition) is 6. The summed E-state index contributed by atoms with van der Waals surface area (Å²) in [7, 11) is 1.32. The molecule has 33 heavy (non-hydrogen) atoms. The van der Waals surface area contributed by atoms with Crippen LogP contribution in [0.5, 0.6) is 28.7 Å². The maximum Gasteiger partial charge on any atom is 0.239 e. The fourth-order valence-electron chi connectivity index (χ4n) is 3.61. The summed E-state index contributed by atoms with van der Waals surface area (Å²) in [5, 5.41) is 60.0. The molecule has 1 aliphatic heterocycles. The van der Waals surface area contributed by atoms with E-state index in [1.807, 2.05) is 0 Å². The van der Waals surface area contributed by atoms with Gasteiger partial charge in [0.25, 0.3) is 0 Å². The number of ether oxygens (including phenoxy) is 3. The van der Waals surface area contributed by atoms with Crippen LogP contribution in [0.1, 0.15) is 6.92 Å². The van der Waals surface area contributed by atoms with E-state index in [9.17, 15) is 35.4 Å². The van der Waals surface area contributed by atoms with Crippen molar-refractivity contribution in [3.8, 4) is 40.1 Å². The van der Waals surface area contributed by atoms with Crippen molar-refractivity contribution in [2.24, 2.45) is 0 Å². The largest absolute Gasteiger partial charge is 0.508 e. The van der Waals surface area contributed by atoms with Crippen molar-refractivity contribution in [1.82, 2.24) is 0 Å². The van der Waals surface area contributed by atoms with Crippen LogP contribution >= 0.6 is 0 Å². The lowest BCUT2D eigenvalue weighted by molar-refractivity contribution is -0.268. The SMILES string of the molecule is COc1cc(-c2oc3cc(O)cc(O)c3c(=O)c2O[C@@H]2O[C@@H](C)[C@H](O)[C@@H](O)[C@H]2O)ccc1O. The van der Waals surface area contributed by atoms with Gasteiger partial charge in [-0.05, 0) is 25.1 Å². The van der Waals surface area contributed by atoms with E-state index in [2.05, 4.69) is 0 Å². The Morgan fingerprint density at radius 3 is 2.36 bits per heavy atom. The molecule has 1 aliphatic rings. The second-order valence-electron chi connectivity index (χ2n) is 7.61. The number of benzene rings is 2. The predicted octanol–water partition coefficient (Wildman–Crippen LogP) is 0.792. The maximum atomic E-state index is 13.3. The van der Waals surface area contributed by atoms with Crippen LogP contribution in [-0.4, -0.2) is 68.5 Å². The third kappa shape index (κ3) is 3.91. The Labute approximate surface area is 186 Å². The molecule has 0 unspecified atom stereocenters. The predicted molar refractivity (Wildman–Crippen MR) is 112 cm³/mol. The Kier molecular flexibility index (Phi) is 5.80. The summed E-state index contributed by atoms with van der Waals surface area (Å²) in [4.78, 5) is 13.3. The fraction of sp³-hybridized carbons (Fsp3) is 0.318. The van der Waals surface area contributed by atoms with Crippen LogP contribution in [0.25, 0.3) is 22.3 Å². The third-order valence-electron chi connectivity index (χ3n) is 5.40. The summed E-state index contributed by atoms with van der Waals surface area (Å²) < 4.78 is 21.9. The summed E-state index contributed by atoms with van der Waals surface area (Å²) in [6.45, 7) is 1.44. The molecule has 6 N–H and O–H groups in total. The molecule has 0 saturated carbocycles. The van der Waals surface area contributed by atoms with E-state index >= 15 is 0 Å². The molecular weight excluding hydrogens is 440 g/mol. The number of aliphatic hydroxyl groups is 3. The molecule has 0 radical (unpaired) electrons. The lowest BCUT2D eigenvalue weighted by Gasteiger charge is -2.38. The number of methoxy groups -OCH3 is 1. The smallest absolute Gasteiger partial charge is 0.239 e. The molecule has 2 aromatic carbocycles. The molecule has 11 nitrogen and oxygen atoms in total. The third-order valence-corrected chi connectivity index (χ3v) is 5.40. The van der Waals surface area contributed by atoms with Crippen LogP contribution < -0.4 is 14.9 Å². The molecule has 5 atom stereocenters. The quantitative estimate of drug-likeness (QED) is 0.323. The molecule has 0 amide bonds. The van der Waals surface area contributed by atoms with Crippen LogP contribution in [0.3, 0.4) is 0 Å². The number of rotatable bonds is 4. The van der Waals surface area contributed by atoms with Crippen LogP contribution in [0, 0.1) is 0 Å². The molecular formula is C22H22O11. The number of fused-ring (bicyclic) bond motifs is 1. The number of aliphatic hydroxyl groups excluding tert-OH is 3. The first-order chi connectivity index (χ1) is 15.6. The monoisotopic (exact) mass is 462 g/mol. The van der Waals surface area contributed by atoms with Crippen LogP contribution in [0.4, 0.5) is 0 Å². The number of phenolic OH excluding ortho intramolecular Hbond substituents is 3. The average Bonchev–Trinajstić information content (AvgIpc) is 2.77. The summed E-state index contributed by atoms with van der Waals surface area (Å²) in [5.41, 5.74) is -0.818. The minimum atomic E-state index is -1.72. The maximum absolute atomic E-state index is 13.3. The lowest BCUT2D eigenvalue weighted by Crippen LogP contribution is -2.58. The van der Waals surface area contributed by atoms with Gasteiger partial charge in [-0.15, -0.1) is 0 Å². The Balaban J connectivity index is 1.93. The van der Waals surface area contributed by atoms with E-state index in [0.717, 1.165) is 12.1 Å². The van der Waals surface area contributed by atoms with Crippen LogP contribution in [0.15, 0.2) is 39.5 Å². The van der Waals surface area contributed by atoms with Crippen LogP contribution in [0.2, 0.25) is 0 Å². The zero-order valence-corrected chi connectivity index (χ0v) is 17.5. The average molecular weight is 462 g/mol. The Morgan fingerprint density at radius 1 is 0.939 bits per heavy atom. The van der Waals surface area contributed by atoms with Gasteiger partial charge in [0.2, 0.25) is 17.5 Å². The van der Waals surface area contributed by atoms with Gasteiger partial charge in [0, 0.05) is 17.7 Å². The zero-order chi connectivity index (χ0) is 24.0. The molecule has 2 heterocycles. The Morgan fingerprint density at radius 2 is 1.67 bits per heavy atom. The molecule has 176 valence electrons. The van der Waals surface area contributed by atoms with E-state index in [1.54, 1.807) is 0 Å². The molecule has 3 aromatic rings. The van der Waals surface area contributed by atoms with Gasteiger partial charge in [-0.25, -0.2) is 0 Å². The molecule has 0 bridgehead atoms.